The SMILES string of the molecule is COc1ccc(CN(C)c2nc3sc4c(c3c(=O)n2C)CCCC4)cc1. The molecule has 4 rings (SSSR count). The van der Waals surface area contributed by atoms with Crippen molar-refractivity contribution in [2.45, 2.75) is 32.2 Å². The van der Waals surface area contributed by atoms with Crippen molar-refractivity contribution in [2.24, 2.45) is 7.05 Å². The molecule has 1 aromatic carbocycles. The molecule has 0 N–H and O–H groups in total. The maximum absolute atomic E-state index is 13.0. The van der Waals surface area contributed by atoms with Crippen molar-refractivity contribution in [3.63, 3.8) is 0 Å². The largest absolute Gasteiger partial charge is 0.497 e. The van der Waals surface area contributed by atoms with Gasteiger partial charge < -0.3 is 9.64 Å². The molecule has 2 aromatic heterocycles. The Labute approximate surface area is 156 Å². The van der Waals surface area contributed by atoms with Gasteiger partial charge >= 0.3 is 0 Å². The van der Waals surface area contributed by atoms with Gasteiger partial charge in [0.1, 0.15) is 10.6 Å². The summed E-state index contributed by atoms with van der Waals surface area (Å²) >= 11 is 1.70. The third kappa shape index (κ3) is 2.88. The number of nitrogens with zero attached hydrogens (tertiary/aromatic N) is 3. The van der Waals surface area contributed by atoms with Crippen molar-refractivity contribution in [1.82, 2.24) is 9.55 Å². The first-order valence-electron chi connectivity index (χ1n) is 8.94. The standard InChI is InChI=1S/C20H23N3O2S/c1-22(12-13-8-10-14(25-3)11-9-13)20-21-18-17(19(24)23(20)2)15-6-4-5-7-16(15)26-18/h8-11H,4-7,12H2,1-3H3. The van der Waals surface area contributed by atoms with Gasteiger partial charge in [0.25, 0.3) is 5.56 Å². The van der Waals surface area contributed by atoms with Gasteiger partial charge in [-0.2, -0.15) is 0 Å². The molecule has 0 bridgehead atoms. The lowest BCUT2D eigenvalue weighted by Gasteiger charge is -2.21. The molecule has 136 valence electrons. The van der Waals surface area contributed by atoms with E-state index in [-0.39, 0.29) is 5.56 Å². The normalized spacial score (nSPS) is 13.7. The second-order valence-electron chi connectivity index (χ2n) is 6.87. The summed E-state index contributed by atoms with van der Waals surface area (Å²) in [6, 6.07) is 7.98. The van der Waals surface area contributed by atoms with Crippen LogP contribution in [0.3, 0.4) is 0 Å². The van der Waals surface area contributed by atoms with E-state index in [0.29, 0.717) is 12.5 Å². The monoisotopic (exact) mass is 369 g/mol. The van der Waals surface area contributed by atoms with Crippen LogP contribution in [-0.2, 0) is 26.4 Å². The Morgan fingerprint density at radius 1 is 1.23 bits per heavy atom. The van der Waals surface area contributed by atoms with Crippen molar-refractivity contribution in [3.8, 4) is 5.75 Å². The number of aryl methyl sites for hydroxylation is 2. The van der Waals surface area contributed by atoms with Crippen LogP contribution < -0.4 is 15.2 Å². The molecule has 0 amide bonds. The van der Waals surface area contributed by atoms with Crippen LogP contribution in [0, 0.1) is 0 Å². The second kappa shape index (κ2) is 6.76. The van der Waals surface area contributed by atoms with E-state index in [4.69, 9.17) is 9.72 Å². The van der Waals surface area contributed by atoms with Crippen LogP contribution in [-0.4, -0.2) is 23.7 Å². The van der Waals surface area contributed by atoms with Crippen molar-refractivity contribution in [1.29, 1.82) is 0 Å². The highest BCUT2D eigenvalue weighted by molar-refractivity contribution is 7.18. The number of anilines is 1. The molecule has 26 heavy (non-hydrogen) atoms. The number of hydrogen-bond donors (Lipinski definition) is 0. The Morgan fingerprint density at radius 3 is 2.69 bits per heavy atom. The van der Waals surface area contributed by atoms with Crippen LogP contribution in [0.4, 0.5) is 5.95 Å². The number of methoxy groups -OCH3 is 1. The van der Waals surface area contributed by atoms with Crippen molar-refractivity contribution < 1.29 is 4.74 Å². The van der Waals surface area contributed by atoms with Crippen LogP contribution >= 0.6 is 11.3 Å². The Bertz CT molecular complexity index is 1000. The molecule has 0 saturated heterocycles. The lowest BCUT2D eigenvalue weighted by Crippen LogP contribution is -2.28. The summed E-state index contributed by atoms with van der Waals surface area (Å²) < 4.78 is 6.90. The minimum absolute atomic E-state index is 0.0750. The van der Waals surface area contributed by atoms with Crippen LogP contribution in [0.5, 0.6) is 5.75 Å². The Kier molecular flexibility index (Phi) is 4.44. The average molecular weight is 369 g/mol. The maximum Gasteiger partial charge on any atom is 0.263 e. The summed E-state index contributed by atoms with van der Waals surface area (Å²) in [6.45, 7) is 0.681. The van der Waals surface area contributed by atoms with Gasteiger partial charge in [-0.15, -0.1) is 11.3 Å². The predicted octanol–water partition coefficient (Wildman–Crippen LogP) is 3.52. The average Bonchev–Trinajstić information content (AvgIpc) is 3.03. The number of rotatable bonds is 4. The van der Waals surface area contributed by atoms with Crippen molar-refractivity contribution >= 4 is 27.5 Å². The lowest BCUT2D eigenvalue weighted by molar-refractivity contribution is 0.414. The van der Waals surface area contributed by atoms with E-state index >= 15 is 0 Å². The Balaban J connectivity index is 1.71. The summed E-state index contributed by atoms with van der Waals surface area (Å²) in [4.78, 5) is 22.1. The van der Waals surface area contributed by atoms with Gasteiger partial charge in [0, 0.05) is 25.5 Å². The van der Waals surface area contributed by atoms with Gasteiger partial charge in [0.2, 0.25) is 5.95 Å². The number of ether oxygens (including phenoxy) is 1. The van der Waals surface area contributed by atoms with E-state index in [1.54, 1.807) is 23.0 Å². The Morgan fingerprint density at radius 2 is 1.96 bits per heavy atom. The number of benzene rings is 1. The number of thiophene rings is 1. The molecule has 1 aliphatic carbocycles. The van der Waals surface area contributed by atoms with Crippen LogP contribution in [0.1, 0.15) is 28.8 Å². The fourth-order valence-electron chi connectivity index (χ4n) is 3.69. The molecule has 6 heteroatoms. The summed E-state index contributed by atoms with van der Waals surface area (Å²) in [5, 5.41) is 0.841. The van der Waals surface area contributed by atoms with E-state index in [0.717, 1.165) is 34.4 Å². The first-order chi connectivity index (χ1) is 12.6. The topological polar surface area (TPSA) is 47.4 Å². The van der Waals surface area contributed by atoms with Crippen LogP contribution in [0.15, 0.2) is 29.1 Å². The van der Waals surface area contributed by atoms with Crippen LogP contribution in [0.2, 0.25) is 0 Å². The number of fused-ring (bicyclic) bond motifs is 3. The maximum atomic E-state index is 13.0. The summed E-state index contributed by atoms with van der Waals surface area (Å²) in [5.41, 5.74) is 2.47. The first kappa shape index (κ1) is 17.1. The molecule has 0 spiro atoms. The quantitative estimate of drug-likeness (QED) is 0.706. The van der Waals surface area contributed by atoms with Crippen molar-refractivity contribution in [2.75, 3.05) is 19.1 Å². The molecule has 1 aliphatic rings. The number of hydrogen-bond acceptors (Lipinski definition) is 5. The summed E-state index contributed by atoms with van der Waals surface area (Å²) in [6.07, 6.45) is 4.47. The highest BCUT2D eigenvalue weighted by atomic mass is 32.1. The molecule has 5 nitrogen and oxygen atoms in total. The fraction of sp³-hybridized carbons (Fsp3) is 0.400. The first-order valence-corrected chi connectivity index (χ1v) is 9.75. The van der Waals surface area contributed by atoms with Gasteiger partial charge in [0.15, 0.2) is 0 Å². The number of aromatic nitrogens is 2. The van der Waals surface area contributed by atoms with E-state index in [1.807, 2.05) is 43.3 Å². The van der Waals surface area contributed by atoms with Gasteiger partial charge in [-0.1, -0.05) is 12.1 Å². The fourth-order valence-corrected chi connectivity index (χ4v) is 4.94. The zero-order valence-corrected chi connectivity index (χ0v) is 16.2. The predicted molar refractivity (Wildman–Crippen MR) is 107 cm³/mol. The Hall–Kier alpha value is -2.34. The second-order valence-corrected chi connectivity index (χ2v) is 7.95. The van der Waals surface area contributed by atoms with Gasteiger partial charge in [0.05, 0.1) is 12.5 Å². The molecule has 0 saturated carbocycles. The highest BCUT2D eigenvalue weighted by Gasteiger charge is 2.22. The minimum Gasteiger partial charge on any atom is -0.497 e. The van der Waals surface area contributed by atoms with Gasteiger partial charge in [-0.3, -0.25) is 9.36 Å². The van der Waals surface area contributed by atoms with Crippen LogP contribution in [0.25, 0.3) is 10.2 Å². The summed E-state index contributed by atoms with van der Waals surface area (Å²) in [7, 11) is 5.46. The lowest BCUT2D eigenvalue weighted by atomic mass is 9.97. The van der Waals surface area contributed by atoms with Crippen molar-refractivity contribution in [3.05, 3.63) is 50.6 Å². The van der Waals surface area contributed by atoms with E-state index in [2.05, 4.69) is 0 Å². The third-order valence-corrected chi connectivity index (χ3v) is 6.28. The van der Waals surface area contributed by atoms with Gasteiger partial charge in [-0.25, -0.2) is 4.98 Å². The highest BCUT2D eigenvalue weighted by Crippen LogP contribution is 2.34. The summed E-state index contributed by atoms with van der Waals surface area (Å²) in [5.74, 6) is 1.55. The third-order valence-electron chi connectivity index (χ3n) is 5.09. The minimum atomic E-state index is 0.0750. The van der Waals surface area contributed by atoms with E-state index in [1.165, 1.54) is 23.3 Å². The zero-order valence-electron chi connectivity index (χ0n) is 15.4. The molecular formula is C20H23N3O2S. The molecule has 3 aromatic rings. The molecule has 0 radical (unpaired) electrons. The van der Waals surface area contributed by atoms with E-state index in [9.17, 15) is 4.79 Å². The molecule has 0 atom stereocenters. The zero-order chi connectivity index (χ0) is 18.3. The molecular weight excluding hydrogens is 346 g/mol. The molecule has 0 unspecified atom stereocenters. The molecule has 0 aliphatic heterocycles. The molecule has 0 fully saturated rings. The molecule has 2 heterocycles. The van der Waals surface area contributed by atoms with E-state index < -0.39 is 0 Å². The van der Waals surface area contributed by atoms with Gasteiger partial charge in [-0.05, 0) is 48.9 Å². The smallest absolute Gasteiger partial charge is 0.263 e.